The van der Waals surface area contributed by atoms with E-state index in [4.69, 9.17) is 0 Å². The van der Waals surface area contributed by atoms with Gasteiger partial charge >= 0.3 is 0 Å². The second-order valence-electron chi connectivity index (χ2n) is 1.65. The van der Waals surface area contributed by atoms with Crippen LogP contribution in [0.3, 0.4) is 0 Å². The number of aliphatic imine (C=N–C) groups is 1. The minimum absolute atomic E-state index is 0.982. The Balaban J connectivity index is 3.97. The molecule has 0 bridgehead atoms. The summed E-state index contributed by atoms with van der Waals surface area (Å²) in [6, 6.07) is 0. The molecular weight excluding hydrogens is 130 g/mol. The number of nitrogens with zero attached hydrogens (tertiary/aromatic N) is 1. The van der Waals surface area contributed by atoms with Crippen molar-refractivity contribution in [3.05, 3.63) is 11.5 Å². The summed E-state index contributed by atoms with van der Waals surface area (Å²) in [6.45, 7) is 5.93. The highest BCUT2D eigenvalue weighted by molar-refractivity contribution is 8.03. The van der Waals surface area contributed by atoms with Crippen LogP contribution in [-0.2, 0) is 0 Å². The molecule has 0 aromatic carbocycles. The Morgan fingerprint density at radius 2 is 2.22 bits per heavy atom. The molecule has 0 N–H and O–H groups in total. The summed E-state index contributed by atoms with van der Waals surface area (Å²) < 4.78 is 0. The number of rotatable bonds is 3. The van der Waals surface area contributed by atoms with E-state index in [9.17, 15) is 0 Å². The fourth-order valence-corrected chi connectivity index (χ4v) is 1.07. The van der Waals surface area contributed by atoms with Gasteiger partial charge < -0.3 is 0 Å². The second kappa shape index (κ2) is 4.62. The number of hydrogen-bond acceptors (Lipinski definition) is 2. The largest absolute Gasteiger partial charge is 0.292 e. The third-order valence-electron chi connectivity index (χ3n) is 1.17. The van der Waals surface area contributed by atoms with Crippen LogP contribution in [0, 0.1) is 0 Å². The Morgan fingerprint density at radius 1 is 1.67 bits per heavy atom. The molecular formula is C7H13NS. The first-order chi connectivity index (χ1) is 4.26. The summed E-state index contributed by atoms with van der Waals surface area (Å²) in [5.74, 6) is 0. The van der Waals surface area contributed by atoms with Gasteiger partial charge in [0.05, 0.1) is 0 Å². The summed E-state index contributed by atoms with van der Waals surface area (Å²) >= 11 is 1.66. The number of thioether (sulfide) groups is 1. The molecule has 0 atom stereocenters. The standard InChI is InChI=1S/C7H13NS/c1-5-7(8-3)6(2)9-4/h2,5H2,1,3-4H3. The van der Waals surface area contributed by atoms with Gasteiger partial charge in [-0.05, 0) is 12.7 Å². The Bertz CT molecular complexity index is 127. The molecule has 52 valence electrons. The van der Waals surface area contributed by atoms with Crippen molar-refractivity contribution < 1.29 is 0 Å². The fraction of sp³-hybridized carbons (Fsp3) is 0.571. The second-order valence-corrected chi connectivity index (χ2v) is 2.55. The number of allylic oxidation sites excluding steroid dienone is 1. The van der Waals surface area contributed by atoms with Crippen molar-refractivity contribution in [1.29, 1.82) is 0 Å². The van der Waals surface area contributed by atoms with Crippen LogP contribution in [-0.4, -0.2) is 19.0 Å². The molecule has 0 fully saturated rings. The van der Waals surface area contributed by atoms with Gasteiger partial charge in [0.15, 0.2) is 0 Å². The first kappa shape index (κ1) is 8.76. The highest BCUT2D eigenvalue weighted by Gasteiger charge is 1.96. The van der Waals surface area contributed by atoms with Gasteiger partial charge in [0.25, 0.3) is 0 Å². The zero-order valence-electron chi connectivity index (χ0n) is 6.27. The molecule has 0 radical (unpaired) electrons. The minimum atomic E-state index is 0.982. The van der Waals surface area contributed by atoms with Crippen molar-refractivity contribution >= 4 is 17.5 Å². The smallest absolute Gasteiger partial charge is 0.0471 e. The first-order valence-electron chi connectivity index (χ1n) is 2.95. The van der Waals surface area contributed by atoms with E-state index < -0.39 is 0 Å². The Kier molecular flexibility index (Phi) is 4.50. The third kappa shape index (κ3) is 2.70. The van der Waals surface area contributed by atoms with Gasteiger partial charge in [-0.2, -0.15) is 0 Å². The predicted octanol–water partition coefficient (Wildman–Crippen LogP) is 2.34. The van der Waals surface area contributed by atoms with Crippen LogP contribution < -0.4 is 0 Å². The van der Waals surface area contributed by atoms with E-state index >= 15 is 0 Å². The molecule has 0 saturated carbocycles. The molecule has 0 aromatic rings. The average Bonchev–Trinajstić information content (AvgIpc) is 1.90. The van der Waals surface area contributed by atoms with Crippen LogP contribution in [0.2, 0.25) is 0 Å². The SMILES string of the molecule is C=C(SC)C(CC)=NC. The van der Waals surface area contributed by atoms with Gasteiger partial charge in [0.1, 0.15) is 0 Å². The topological polar surface area (TPSA) is 12.4 Å². The maximum Gasteiger partial charge on any atom is 0.0471 e. The molecule has 0 amide bonds. The van der Waals surface area contributed by atoms with Gasteiger partial charge in [-0.1, -0.05) is 13.5 Å². The molecule has 9 heavy (non-hydrogen) atoms. The molecule has 0 aliphatic rings. The normalized spacial score (nSPS) is 11.7. The molecule has 0 heterocycles. The molecule has 0 saturated heterocycles. The third-order valence-corrected chi connectivity index (χ3v) is 1.90. The first-order valence-corrected chi connectivity index (χ1v) is 4.17. The average molecular weight is 143 g/mol. The Labute approximate surface area is 61.3 Å². The molecule has 0 aliphatic carbocycles. The molecule has 0 aromatic heterocycles. The Morgan fingerprint density at radius 3 is 2.33 bits per heavy atom. The lowest BCUT2D eigenvalue weighted by Crippen LogP contribution is -1.95. The van der Waals surface area contributed by atoms with Crippen LogP contribution in [0.1, 0.15) is 13.3 Å². The summed E-state index contributed by atoms with van der Waals surface area (Å²) in [4.78, 5) is 5.16. The van der Waals surface area contributed by atoms with Gasteiger partial charge in [0.2, 0.25) is 0 Å². The summed E-state index contributed by atoms with van der Waals surface area (Å²) in [5, 5.41) is 0. The van der Waals surface area contributed by atoms with Crippen molar-refractivity contribution in [3.63, 3.8) is 0 Å². The van der Waals surface area contributed by atoms with Crippen LogP contribution in [0.25, 0.3) is 0 Å². The highest BCUT2D eigenvalue weighted by atomic mass is 32.2. The molecule has 0 unspecified atom stereocenters. The van der Waals surface area contributed by atoms with Crippen molar-refractivity contribution in [2.45, 2.75) is 13.3 Å². The van der Waals surface area contributed by atoms with E-state index in [0.29, 0.717) is 0 Å². The zero-order chi connectivity index (χ0) is 7.28. The lowest BCUT2D eigenvalue weighted by atomic mass is 10.3. The molecule has 0 rings (SSSR count). The maximum atomic E-state index is 4.07. The molecule has 0 spiro atoms. The molecule has 1 nitrogen and oxygen atoms in total. The summed E-state index contributed by atoms with van der Waals surface area (Å²) in [7, 11) is 1.81. The van der Waals surface area contributed by atoms with Crippen LogP contribution >= 0.6 is 11.8 Å². The van der Waals surface area contributed by atoms with Crippen molar-refractivity contribution in [2.75, 3.05) is 13.3 Å². The lowest BCUT2D eigenvalue weighted by Gasteiger charge is -2.00. The molecule has 2 heteroatoms. The predicted molar refractivity (Wildman–Crippen MR) is 46.3 cm³/mol. The van der Waals surface area contributed by atoms with Gasteiger partial charge in [0, 0.05) is 17.7 Å². The highest BCUT2D eigenvalue weighted by Crippen LogP contribution is 2.11. The molecule has 0 aliphatic heterocycles. The van der Waals surface area contributed by atoms with Gasteiger partial charge in [-0.15, -0.1) is 11.8 Å². The van der Waals surface area contributed by atoms with E-state index in [1.165, 1.54) is 0 Å². The minimum Gasteiger partial charge on any atom is -0.292 e. The van der Waals surface area contributed by atoms with Crippen molar-refractivity contribution in [1.82, 2.24) is 0 Å². The Hall–Kier alpha value is -0.240. The van der Waals surface area contributed by atoms with Crippen LogP contribution in [0.5, 0.6) is 0 Å². The van der Waals surface area contributed by atoms with E-state index in [-0.39, 0.29) is 0 Å². The van der Waals surface area contributed by atoms with E-state index in [0.717, 1.165) is 17.0 Å². The van der Waals surface area contributed by atoms with Crippen LogP contribution in [0.15, 0.2) is 16.5 Å². The zero-order valence-corrected chi connectivity index (χ0v) is 7.09. The lowest BCUT2D eigenvalue weighted by molar-refractivity contribution is 1.25. The van der Waals surface area contributed by atoms with Gasteiger partial charge in [-0.25, -0.2) is 0 Å². The van der Waals surface area contributed by atoms with Gasteiger partial charge in [-0.3, -0.25) is 4.99 Å². The quantitative estimate of drug-likeness (QED) is 0.552. The fourth-order valence-electron chi connectivity index (χ4n) is 0.598. The number of hydrogen-bond donors (Lipinski definition) is 0. The maximum absolute atomic E-state index is 4.07. The van der Waals surface area contributed by atoms with E-state index in [1.807, 2.05) is 6.26 Å². The van der Waals surface area contributed by atoms with Crippen molar-refractivity contribution in [2.24, 2.45) is 4.99 Å². The van der Waals surface area contributed by atoms with E-state index in [2.05, 4.69) is 18.5 Å². The van der Waals surface area contributed by atoms with E-state index in [1.54, 1.807) is 18.8 Å². The van der Waals surface area contributed by atoms with Crippen molar-refractivity contribution in [3.8, 4) is 0 Å². The summed E-state index contributed by atoms with van der Waals surface area (Å²) in [6.07, 6.45) is 3.00. The van der Waals surface area contributed by atoms with Crippen LogP contribution in [0.4, 0.5) is 0 Å². The summed E-state index contributed by atoms with van der Waals surface area (Å²) in [5.41, 5.74) is 1.11. The monoisotopic (exact) mass is 143 g/mol.